The molecule has 78 valence electrons. The summed E-state index contributed by atoms with van der Waals surface area (Å²) >= 11 is 0. The molecule has 0 radical (unpaired) electrons. The first-order valence-electron chi connectivity index (χ1n) is 4.92. The molecule has 2 fully saturated rings. The third-order valence-electron chi connectivity index (χ3n) is 3.22. The quantitative estimate of drug-likeness (QED) is 0.575. The van der Waals surface area contributed by atoms with E-state index < -0.39 is 6.03 Å². The average Bonchev–Trinajstić information content (AvgIpc) is 2.43. The first-order chi connectivity index (χ1) is 6.61. The molecule has 0 aromatic rings. The summed E-state index contributed by atoms with van der Waals surface area (Å²) < 4.78 is 0. The molecule has 5 heteroatoms. The molecule has 0 saturated carbocycles. The van der Waals surface area contributed by atoms with Crippen LogP contribution >= 0.6 is 0 Å². The van der Waals surface area contributed by atoms with Crippen molar-refractivity contribution >= 4 is 11.9 Å². The molecular formula is C9H15N3O2. The molecule has 0 bridgehead atoms. The van der Waals surface area contributed by atoms with Crippen LogP contribution in [0.25, 0.3) is 0 Å². The van der Waals surface area contributed by atoms with E-state index >= 15 is 0 Å². The minimum absolute atomic E-state index is 0.0127. The lowest BCUT2D eigenvalue weighted by Gasteiger charge is -2.34. The van der Waals surface area contributed by atoms with Gasteiger partial charge >= 0.3 is 6.03 Å². The van der Waals surface area contributed by atoms with Crippen LogP contribution in [0.5, 0.6) is 0 Å². The SMILES string of the molecule is CN1C[C@@H]2[C@@H](CCCN2C(N)=O)C1=O. The van der Waals surface area contributed by atoms with Crippen molar-refractivity contribution in [1.29, 1.82) is 0 Å². The molecule has 2 heterocycles. The van der Waals surface area contributed by atoms with E-state index in [0.29, 0.717) is 13.1 Å². The summed E-state index contributed by atoms with van der Waals surface area (Å²) in [7, 11) is 1.78. The number of primary amides is 1. The van der Waals surface area contributed by atoms with Gasteiger partial charge in [0.25, 0.3) is 0 Å². The summed E-state index contributed by atoms with van der Waals surface area (Å²) in [5.41, 5.74) is 5.27. The lowest BCUT2D eigenvalue weighted by molar-refractivity contribution is -0.130. The third-order valence-corrected chi connectivity index (χ3v) is 3.22. The Hall–Kier alpha value is -1.26. The van der Waals surface area contributed by atoms with E-state index in [1.165, 1.54) is 0 Å². The van der Waals surface area contributed by atoms with Crippen molar-refractivity contribution in [2.24, 2.45) is 11.7 Å². The van der Waals surface area contributed by atoms with Gasteiger partial charge in [-0.05, 0) is 12.8 Å². The predicted octanol–water partition coefficient (Wildman–Crippen LogP) is -0.382. The number of piperidine rings is 1. The van der Waals surface area contributed by atoms with Gasteiger partial charge in [-0.1, -0.05) is 0 Å². The number of amides is 3. The molecule has 0 unspecified atom stereocenters. The molecule has 0 aromatic heterocycles. The standard InChI is InChI=1S/C9H15N3O2/c1-11-5-7-6(8(11)13)3-2-4-12(7)9(10)14/h6-7H,2-5H2,1H3,(H2,10,14)/t6-,7-/m1/s1. The van der Waals surface area contributed by atoms with Gasteiger partial charge in [0.05, 0.1) is 12.0 Å². The maximum atomic E-state index is 11.7. The Morgan fingerprint density at radius 1 is 1.57 bits per heavy atom. The fourth-order valence-corrected chi connectivity index (χ4v) is 2.50. The monoisotopic (exact) mass is 197 g/mol. The smallest absolute Gasteiger partial charge is 0.315 e. The zero-order chi connectivity index (χ0) is 10.3. The molecule has 2 saturated heterocycles. The van der Waals surface area contributed by atoms with Crippen molar-refractivity contribution in [2.75, 3.05) is 20.1 Å². The fourth-order valence-electron chi connectivity index (χ4n) is 2.50. The van der Waals surface area contributed by atoms with Crippen molar-refractivity contribution < 1.29 is 9.59 Å². The highest BCUT2D eigenvalue weighted by molar-refractivity contribution is 5.83. The Morgan fingerprint density at radius 3 is 2.93 bits per heavy atom. The van der Waals surface area contributed by atoms with Gasteiger partial charge in [0.1, 0.15) is 0 Å². The van der Waals surface area contributed by atoms with E-state index in [4.69, 9.17) is 5.73 Å². The number of carbonyl (C=O) groups is 2. The van der Waals surface area contributed by atoms with E-state index in [0.717, 1.165) is 12.8 Å². The third kappa shape index (κ3) is 1.23. The van der Waals surface area contributed by atoms with Crippen LogP contribution < -0.4 is 5.73 Å². The maximum Gasteiger partial charge on any atom is 0.315 e. The second-order valence-electron chi connectivity index (χ2n) is 4.07. The second-order valence-corrected chi connectivity index (χ2v) is 4.07. The molecule has 2 aliphatic rings. The number of likely N-dealkylation sites (N-methyl/N-ethyl adjacent to an activating group) is 1. The number of hydrogen-bond acceptors (Lipinski definition) is 2. The van der Waals surface area contributed by atoms with Crippen LogP contribution in [0, 0.1) is 5.92 Å². The van der Waals surface area contributed by atoms with E-state index in [2.05, 4.69) is 0 Å². The summed E-state index contributed by atoms with van der Waals surface area (Å²) in [6.45, 7) is 1.32. The molecule has 5 nitrogen and oxygen atoms in total. The van der Waals surface area contributed by atoms with Gasteiger partial charge in [0.15, 0.2) is 0 Å². The van der Waals surface area contributed by atoms with Gasteiger partial charge in [-0.3, -0.25) is 4.79 Å². The summed E-state index contributed by atoms with van der Waals surface area (Å²) in [5, 5.41) is 0. The molecule has 14 heavy (non-hydrogen) atoms. The van der Waals surface area contributed by atoms with Crippen LogP contribution in [0.15, 0.2) is 0 Å². The summed E-state index contributed by atoms with van der Waals surface area (Å²) in [6, 6.07) is -0.387. The van der Waals surface area contributed by atoms with Gasteiger partial charge in [0.2, 0.25) is 5.91 Å². The normalized spacial score (nSPS) is 31.9. The number of urea groups is 1. The van der Waals surface area contributed by atoms with Crippen LogP contribution in [0.4, 0.5) is 4.79 Å². The molecule has 2 N–H and O–H groups in total. The van der Waals surface area contributed by atoms with E-state index in [1.807, 2.05) is 0 Å². The fraction of sp³-hybridized carbons (Fsp3) is 0.778. The van der Waals surface area contributed by atoms with Gasteiger partial charge in [0, 0.05) is 20.1 Å². The lowest BCUT2D eigenvalue weighted by atomic mass is 9.92. The highest BCUT2D eigenvalue weighted by atomic mass is 16.2. The Morgan fingerprint density at radius 2 is 2.29 bits per heavy atom. The van der Waals surface area contributed by atoms with Gasteiger partial charge in [-0.15, -0.1) is 0 Å². The molecule has 2 aliphatic heterocycles. The molecule has 0 spiro atoms. The van der Waals surface area contributed by atoms with Crippen molar-refractivity contribution in [3.63, 3.8) is 0 Å². The Balaban J connectivity index is 2.19. The zero-order valence-corrected chi connectivity index (χ0v) is 8.27. The largest absolute Gasteiger partial charge is 0.351 e. The van der Waals surface area contributed by atoms with Crippen molar-refractivity contribution in [1.82, 2.24) is 9.80 Å². The summed E-state index contributed by atoms with van der Waals surface area (Å²) in [5.74, 6) is 0.141. The number of carbonyl (C=O) groups excluding carboxylic acids is 2. The first-order valence-corrected chi connectivity index (χ1v) is 4.92. The molecule has 2 atom stereocenters. The van der Waals surface area contributed by atoms with E-state index in [1.54, 1.807) is 16.8 Å². The first kappa shape index (κ1) is 9.30. The van der Waals surface area contributed by atoms with Crippen molar-refractivity contribution in [3.05, 3.63) is 0 Å². The second kappa shape index (κ2) is 3.15. The molecular weight excluding hydrogens is 182 g/mol. The number of hydrogen-bond donors (Lipinski definition) is 1. The molecule has 2 rings (SSSR count). The number of nitrogens with zero attached hydrogens (tertiary/aromatic N) is 2. The Labute approximate surface area is 82.8 Å². The van der Waals surface area contributed by atoms with Crippen molar-refractivity contribution in [2.45, 2.75) is 18.9 Å². The highest BCUT2D eigenvalue weighted by Crippen LogP contribution is 2.30. The van der Waals surface area contributed by atoms with E-state index in [9.17, 15) is 9.59 Å². The van der Waals surface area contributed by atoms with Crippen LogP contribution in [-0.4, -0.2) is 47.9 Å². The maximum absolute atomic E-state index is 11.7. The summed E-state index contributed by atoms with van der Waals surface area (Å²) in [4.78, 5) is 26.1. The Bertz CT molecular complexity index is 273. The minimum Gasteiger partial charge on any atom is -0.351 e. The van der Waals surface area contributed by atoms with Crippen LogP contribution in [0.3, 0.4) is 0 Å². The number of fused-ring (bicyclic) bond motifs is 1. The zero-order valence-electron chi connectivity index (χ0n) is 8.27. The average molecular weight is 197 g/mol. The molecule has 0 aromatic carbocycles. The number of rotatable bonds is 0. The van der Waals surface area contributed by atoms with Crippen LogP contribution in [0.1, 0.15) is 12.8 Å². The van der Waals surface area contributed by atoms with E-state index in [-0.39, 0.29) is 17.9 Å². The Kier molecular flexibility index (Phi) is 2.09. The van der Waals surface area contributed by atoms with Gasteiger partial charge < -0.3 is 15.5 Å². The van der Waals surface area contributed by atoms with Gasteiger partial charge in [-0.25, -0.2) is 4.79 Å². The minimum atomic E-state index is -0.400. The predicted molar refractivity (Wildman–Crippen MR) is 50.4 cm³/mol. The van der Waals surface area contributed by atoms with Crippen LogP contribution in [-0.2, 0) is 4.79 Å². The number of nitrogens with two attached hydrogens (primary N) is 1. The number of likely N-dealkylation sites (tertiary alicyclic amines) is 2. The molecule has 3 amide bonds. The van der Waals surface area contributed by atoms with Crippen LogP contribution in [0.2, 0.25) is 0 Å². The topological polar surface area (TPSA) is 66.6 Å². The lowest BCUT2D eigenvalue weighted by Crippen LogP contribution is -2.50. The summed E-state index contributed by atoms with van der Waals surface area (Å²) in [6.07, 6.45) is 1.77. The van der Waals surface area contributed by atoms with Crippen molar-refractivity contribution in [3.8, 4) is 0 Å². The highest BCUT2D eigenvalue weighted by Gasteiger charge is 2.44. The molecule has 0 aliphatic carbocycles. The van der Waals surface area contributed by atoms with Gasteiger partial charge in [-0.2, -0.15) is 0 Å².